The standard InChI is InChI=1S/C24H18BrNO3/c1-16-10-12-17(13-11-16)15-28-22-9-5-2-6-18(22)14-21-24(27)29-23(26-21)19-7-3-4-8-20(19)25/h2-14H,15H2,1H3/b21-14-. The lowest BCUT2D eigenvalue weighted by Crippen LogP contribution is -2.06. The average molecular weight is 448 g/mol. The summed E-state index contributed by atoms with van der Waals surface area (Å²) in [6.07, 6.45) is 1.69. The van der Waals surface area contributed by atoms with E-state index in [1.807, 2.05) is 60.7 Å². The maximum absolute atomic E-state index is 12.3. The minimum Gasteiger partial charge on any atom is -0.488 e. The summed E-state index contributed by atoms with van der Waals surface area (Å²) in [6, 6.07) is 23.2. The molecule has 5 heteroatoms. The Balaban J connectivity index is 1.58. The van der Waals surface area contributed by atoms with Gasteiger partial charge in [0.25, 0.3) is 0 Å². The van der Waals surface area contributed by atoms with Gasteiger partial charge in [0.05, 0.1) is 5.56 Å². The van der Waals surface area contributed by atoms with Gasteiger partial charge in [0, 0.05) is 10.0 Å². The van der Waals surface area contributed by atoms with E-state index in [1.54, 1.807) is 6.08 Å². The van der Waals surface area contributed by atoms with Crippen LogP contribution >= 0.6 is 15.9 Å². The van der Waals surface area contributed by atoms with Gasteiger partial charge in [0.2, 0.25) is 5.90 Å². The monoisotopic (exact) mass is 447 g/mol. The van der Waals surface area contributed by atoms with Crippen LogP contribution in [0.4, 0.5) is 0 Å². The zero-order valence-electron chi connectivity index (χ0n) is 15.8. The fraction of sp³-hybridized carbons (Fsp3) is 0.0833. The van der Waals surface area contributed by atoms with Gasteiger partial charge in [-0.05, 0) is 52.7 Å². The van der Waals surface area contributed by atoms with Crippen molar-refractivity contribution in [2.75, 3.05) is 0 Å². The summed E-state index contributed by atoms with van der Waals surface area (Å²) in [4.78, 5) is 16.7. The molecular weight excluding hydrogens is 430 g/mol. The van der Waals surface area contributed by atoms with E-state index in [1.165, 1.54) is 5.56 Å². The highest BCUT2D eigenvalue weighted by Gasteiger charge is 2.25. The van der Waals surface area contributed by atoms with Crippen molar-refractivity contribution in [2.45, 2.75) is 13.5 Å². The summed E-state index contributed by atoms with van der Waals surface area (Å²) in [5.41, 5.74) is 4.02. The van der Waals surface area contributed by atoms with Gasteiger partial charge in [-0.15, -0.1) is 0 Å². The second-order valence-corrected chi connectivity index (χ2v) is 7.48. The molecule has 0 atom stereocenters. The third-order valence-electron chi connectivity index (χ3n) is 4.45. The number of carbonyl (C=O) groups excluding carboxylic acids is 1. The van der Waals surface area contributed by atoms with E-state index in [-0.39, 0.29) is 11.6 Å². The Hall–Kier alpha value is -3.18. The Labute approximate surface area is 177 Å². The predicted molar refractivity (Wildman–Crippen MR) is 117 cm³/mol. The van der Waals surface area contributed by atoms with Crippen molar-refractivity contribution in [2.24, 2.45) is 4.99 Å². The summed E-state index contributed by atoms with van der Waals surface area (Å²) in [5.74, 6) is 0.480. The smallest absolute Gasteiger partial charge is 0.363 e. The Morgan fingerprint density at radius 3 is 2.52 bits per heavy atom. The number of cyclic esters (lactones) is 1. The molecule has 144 valence electrons. The molecule has 0 aliphatic carbocycles. The topological polar surface area (TPSA) is 47.9 Å². The van der Waals surface area contributed by atoms with Crippen LogP contribution in [0.2, 0.25) is 0 Å². The van der Waals surface area contributed by atoms with Crippen LogP contribution in [-0.2, 0) is 16.1 Å². The van der Waals surface area contributed by atoms with E-state index in [0.29, 0.717) is 12.4 Å². The molecule has 1 aliphatic rings. The normalized spacial score (nSPS) is 14.6. The number of esters is 1. The van der Waals surface area contributed by atoms with Crippen molar-refractivity contribution in [3.63, 3.8) is 0 Å². The van der Waals surface area contributed by atoms with E-state index in [2.05, 4.69) is 40.0 Å². The minimum absolute atomic E-state index is 0.238. The van der Waals surface area contributed by atoms with Crippen molar-refractivity contribution in [1.29, 1.82) is 0 Å². The Kier molecular flexibility index (Phi) is 5.58. The predicted octanol–water partition coefficient (Wildman–Crippen LogP) is 5.68. The highest BCUT2D eigenvalue weighted by Crippen LogP contribution is 2.27. The Morgan fingerprint density at radius 2 is 1.72 bits per heavy atom. The second kappa shape index (κ2) is 8.45. The van der Waals surface area contributed by atoms with Crippen LogP contribution in [0.15, 0.2) is 88.0 Å². The molecule has 1 aliphatic heterocycles. The number of nitrogens with zero attached hydrogens (tertiary/aromatic N) is 1. The van der Waals surface area contributed by atoms with Crippen LogP contribution in [-0.4, -0.2) is 11.9 Å². The quantitative estimate of drug-likeness (QED) is 0.373. The summed E-state index contributed by atoms with van der Waals surface area (Å²) in [5, 5.41) is 0. The number of benzene rings is 3. The molecule has 0 spiro atoms. The molecule has 0 N–H and O–H groups in total. The van der Waals surface area contributed by atoms with Gasteiger partial charge in [-0.1, -0.05) is 60.2 Å². The minimum atomic E-state index is -0.482. The summed E-state index contributed by atoms with van der Waals surface area (Å²) >= 11 is 3.46. The lowest BCUT2D eigenvalue weighted by atomic mass is 10.1. The number of aliphatic imine (C=N–C) groups is 1. The van der Waals surface area contributed by atoms with Crippen LogP contribution < -0.4 is 4.74 Å². The molecule has 3 aromatic rings. The first-order valence-corrected chi connectivity index (χ1v) is 9.94. The molecule has 0 fully saturated rings. The zero-order chi connectivity index (χ0) is 20.2. The molecule has 0 unspecified atom stereocenters. The molecule has 4 rings (SSSR count). The number of hydrogen-bond donors (Lipinski definition) is 0. The molecule has 0 saturated carbocycles. The maximum atomic E-state index is 12.3. The van der Waals surface area contributed by atoms with Gasteiger partial charge in [0.15, 0.2) is 5.70 Å². The first-order valence-electron chi connectivity index (χ1n) is 9.15. The fourth-order valence-corrected chi connectivity index (χ4v) is 3.34. The third kappa shape index (κ3) is 4.46. The Morgan fingerprint density at radius 1 is 1.00 bits per heavy atom. The van der Waals surface area contributed by atoms with Crippen molar-refractivity contribution in [3.8, 4) is 5.75 Å². The summed E-state index contributed by atoms with van der Waals surface area (Å²) < 4.78 is 12.2. The molecule has 1 heterocycles. The van der Waals surface area contributed by atoms with E-state index in [9.17, 15) is 4.79 Å². The number of halogens is 1. The number of para-hydroxylation sites is 1. The molecule has 0 radical (unpaired) electrons. The molecule has 4 nitrogen and oxygen atoms in total. The van der Waals surface area contributed by atoms with Crippen molar-refractivity contribution < 1.29 is 14.3 Å². The third-order valence-corrected chi connectivity index (χ3v) is 5.14. The van der Waals surface area contributed by atoms with Crippen molar-refractivity contribution in [3.05, 3.63) is 105 Å². The molecule has 0 aromatic heterocycles. The van der Waals surface area contributed by atoms with Crippen molar-refractivity contribution >= 4 is 33.9 Å². The van der Waals surface area contributed by atoms with Crippen LogP contribution in [0.25, 0.3) is 6.08 Å². The molecule has 3 aromatic carbocycles. The first kappa shape index (κ1) is 19.2. The van der Waals surface area contributed by atoms with E-state index in [4.69, 9.17) is 9.47 Å². The van der Waals surface area contributed by atoms with Crippen LogP contribution in [0.1, 0.15) is 22.3 Å². The average Bonchev–Trinajstić information content (AvgIpc) is 3.09. The zero-order valence-corrected chi connectivity index (χ0v) is 17.3. The van der Waals surface area contributed by atoms with Gasteiger partial charge >= 0.3 is 5.97 Å². The fourth-order valence-electron chi connectivity index (χ4n) is 2.88. The summed E-state index contributed by atoms with van der Waals surface area (Å²) in [7, 11) is 0. The molecular formula is C24H18BrNO3. The van der Waals surface area contributed by atoms with Crippen LogP contribution in [0, 0.1) is 6.92 Å². The molecule has 0 amide bonds. The lowest BCUT2D eigenvalue weighted by molar-refractivity contribution is -0.129. The summed E-state index contributed by atoms with van der Waals surface area (Å²) in [6.45, 7) is 2.49. The van der Waals surface area contributed by atoms with E-state index >= 15 is 0 Å². The number of ether oxygens (including phenoxy) is 2. The second-order valence-electron chi connectivity index (χ2n) is 6.63. The van der Waals surface area contributed by atoms with Gasteiger partial charge in [-0.3, -0.25) is 0 Å². The van der Waals surface area contributed by atoms with Crippen LogP contribution in [0.5, 0.6) is 5.75 Å². The van der Waals surface area contributed by atoms with E-state index in [0.717, 1.165) is 21.2 Å². The van der Waals surface area contributed by atoms with Gasteiger partial charge in [-0.2, -0.15) is 0 Å². The molecule has 29 heavy (non-hydrogen) atoms. The van der Waals surface area contributed by atoms with Gasteiger partial charge < -0.3 is 9.47 Å². The SMILES string of the molecule is Cc1ccc(COc2ccccc2/C=C2\N=C(c3ccccc3Br)OC2=O)cc1. The van der Waals surface area contributed by atoms with E-state index < -0.39 is 5.97 Å². The lowest BCUT2D eigenvalue weighted by Gasteiger charge is -2.09. The number of aryl methyl sites for hydroxylation is 1. The molecule has 0 bridgehead atoms. The largest absolute Gasteiger partial charge is 0.488 e. The maximum Gasteiger partial charge on any atom is 0.363 e. The number of hydrogen-bond acceptors (Lipinski definition) is 4. The van der Waals surface area contributed by atoms with Crippen molar-refractivity contribution in [1.82, 2.24) is 0 Å². The van der Waals surface area contributed by atoms with Crippen LogP contribution in [0.3, 0.4) is 0 Å². The van der Waals surface area contributed by atoms with Gasteiger partial charge in [-0.25, -0.2) is 9.79 Å². The highest BCUT2D eigenvalue weighted by atomic mass is 79.9. The number of carbonyl (C=O) groups is 1. The number of rotatable bonds is 5. The highest BCUT2D eigenvalue weighted by molar-refractivity contribution is 9.10. The first-order chi connectivity index (χ1) is 14.1. The molecule has 0 saturated heterocycles. The van der Waals surface area contributed by atoms with Gasteiger partial charge in [0.1, 0.15) is 12.4 Å². The Bertz CT molecular complexity index is 1120.